The summed E-state index contributed by atoms with van der Waals surface area (Å²) in [5.41, 5.74) is 0.0948. The average Bonchev–Trinajstić information content (AvgIpc) is 2.30. The van der Waals surface area contributed by atoms with Crippen molar-refractivity contribution in [1.29, 1.82) is 0 Å². The fraction of sp³-hybridized carbons (Fsp3) is 0.385. The molecule has 2 N–H and O–H groups in total. The number of benzene rings is 1. The van der Waals surface area contributed by atoms with E-state index in [4.69, 9.17) is 21.8 Å². The third-order valence-corrected chi connectivity index (χ3v) is 3.15. The van der Waals surface area contributed by atoms with E-state index in [1.54, 1.807) is 6.07 Å². The predicted molar refractivity (Wildman–Crippen MR) is 68.6 cm³/mol. The number of rotatable bonds is 6. The molecule has 5 heteroatoms. The van der Waals surface area contributed by atoms with Crippen molar-refractivity contribution in [2.45, 2.75) is 32.6 Å². The molecule has 0 aliphatic carbocycles. The number of unbranched alkanes of at least 4 members (excludes halogenated alkanes) is 2. The fourth-order valence-corrected chi connectivity index (χ4v) is 2.11. The Kier molecular flexibility index (Phi) is 5.16. The monoisotopic (exact) mass is 270 g/mol. The number of hydrogen-bond donors (Lipinski definition) is 2. The van der Waals surface area contributed by atoms with Gasteiger partial charge in [-0.05, 0) is 24.5 Å². The highest BCUT2D eigenvalue weighted by atomic mass is 35.5. The molecule has 0 unspecified atom stereocenters. The topological polar surface area (TPSA) is 74.6 Å². The first kappa shape index (κ1) is 14.5. The molecule has 0 aliphatic rings. The third kappa shape index (κ3) is 3.23. The lowest BCUT2D eigenvalue weighted by atomic mass is 10.00. The smallest absolute Gasteiger partial charge is 0.338 e. The number of halogens is 1. The van der Waals surface area contributed by atoms with Gasteiger partial charge in [0.25, 0.3) is 0 Å². The van der Waals surface area contributed by atoms with Crippen LogP contribution in [0, 0.1) is 0 Å². The molecule has 0 bridgehead atoms. The second-order valence-corrected chi connectivity index (χ2v) is 4.41. The first-order chi connectivity index (χ1) is 8.49. The van der Waals surface area contributed by atoms with Crippen LogP contribution in [0.2, 0.25) is 5.02 Å². The normalized spacial score (nSPS) is 10.3. The molecule has 0 heterocycles. The van der Waals surface area contributed by atoms with Gasteiger partial charge < -0.3 is 10.2 Å². The average molecular weight is 271 g/mol. The van der Waals surface area contributed by atoms with Gasteiger partial charge in [-0.2, -0.15) is 0 Å². The number of carbonyl (C=O) groups is 2. The lowest BCUT2D eigenvalue weighted by Gasteiger charge is -2.09. The third-order valence-electron chi connectivity index (χ3n) is 2.72. The van der Waals surface area contributed by atoms with E-state index in [2.05, 4.69) is 6.92 Å². The Labute approximate surface area is 110 Å². The minimum absolute atomic E-state index is 0.0403. The molecule has 0 saturated heterocycles. The van der Waals surface area contributed by atoms with E-state index in [-0.39, 0.29) is 16.1 Å². The van der Waals surface area contributed by atoms with E-state index < -0.39 is 11.9 Å². The highest BCUT2D eigenvalue weighted by Gasteiger charge is 2.21. The van der Waals surface area contributed by atoms with Crippen LogP contribution in [-0.4, -0.2) is 22.2 Å². The van der Waals surface area contributed by atoms with Crippen LogP contribution in [0.1, 0.15) is 52.5 Å². The second kappa shape index (κ2) is 6.40. The van der Waals surface area contributed by atoms with E-state index in [0.29, 0.717) is 12.0 Å². The van der Waals surface area contributed by atoms with Crippen molar-refractivity contribution in [2.24, 2.45) is 0 Å². The molecular formula is C13H15ClO4. The molecule has 0 fully saturated rings. The fourth-order valence-electron chi connectivity index (χ4n) is 1.77. The number of carboxylic acids is 2. The Balaban J connectivity index is 3.14. The molecular weight excluding hydrogens is 256 g/mol. The summed E-state index contributed by atoms with van der Waals surface area (Å²) in [7, 11) is 0. The molecule has 1 aromatic carbocycles. The van der Waals surface area contributed by atoms with Gasteiger partial charge in [0.05, 0.1) is 16.1 Å². The maximum absolute atomic E-state index is 11.1. The summed E-state index contributed by atoms with van der Waals surface area (Å²) in [6.45, 7) is 2.07. The summed E-state index contributed by atoms with van der Waals surface area (Å²) in [4.78, 5) is 22.0. The van der Waals surface area contributed by atoms with Gasteiger partial charge >= 0.3 is 11.9 Å². The van der Waals surface area contributed by atoms with Gasteiger partial charge in [-0.25, -0.2) is 9.59 Å². The molecule has 0 amide bonds. The second-order valence-electron chi connectivity index (χ2n) is 4.03. The standard InChI is InChI=1S/C13H15ClO4/c1-2-3-4-5-8-6-7-9(12(15)16)10(11(8)14)13(17)18/h6-7H,2-5H2,1H3,(H,15,16)(H,17,18). The van der Waals surface area contributed by atoms with Gasteiger partial charge in [-0.15, -0.1) is 0 Å². The Bertz CT molecular complexity index is 468. The molecule has 1 aromatic rings. The highest BCUT2D eigenvalue weighted by Crippen LogP contribution is 2.26. The van der Waals surface area contributed by atoms with Crippen LogP contribution in [-0.2, 0) is 6.42 Å². The first-order valence-corrected chi connectivity index (χ1v) is 6.14. The number of aryl methyl sites for hydroxylation is 1. The van der Waals surface area contributed by atoms with Crippen LogP contribution >= 0.6 is 11.6 Å². The summed E-state index contributed by atoms with van der Waals surface area (Å²) < 4.78 is 0. The van der Waals surface area contributed by atoms with Crippen molar-refractivity contribution < 1.29 is 19.8 Å². The molecule has 4 nitrogen and oxygen atoms in total. The van der Waals surface area contributed by atoms with Crippen LogP contribution in [0.25, 0.3) is 0 Å². The van der Waals surface area contributed by atoms with Gasteiger partial charge in [-0.1, -0.05) is 37.4 Å². The maximum Gasteiger partial charge on any atom is 0.338 e. The van der Waals surface area contributed by atoms with Gasteiger partial charge in [0, 0.05) is 0 Å². The Morgan fingerprint density at radius 1 is 1.17 bits per heavy atom. The molecule has 1 rings (SSSR count). The zero-order valence-corrected chi connectivity index (χ0v) is 10.8. The first-order valence-electron chi connectivity index (χ1n) is 5.77. The van der Waals surface area contributed by atoms with E-state index >= 15 is 0 Å². The number of aromatic carboxylic acids is 2. The van der Waals surface area contributed by atoms with Crippen molar-refractivity contribution in [3.63, 3.8) is 0 Å². The summed E-state index contributed by atoms with van der Waals surface area (Å²) >= 11 is 5.99. The van der Waals surface area contributed by atoms with Crippen molar-refractivity contribution in [1.82, 2.24) is 0 Å². The number of hydrogen-bond acceptors (Lipinski definition) is 2. The van der Waals surface area contributed by atoms with Gasteiger partial charge in [-0.3, -0.25) is 0 Å². The predicted octanol–water partition coefficient (Wildman–Crippen LogP) is 3.47. The quantitative estimate of drug-likeness (QED) is 0.776. The highest BCUT2D eigenvalue weighted by molar-refractivity contribution is 6.35. The molecule has 0 aromatic heterocycles. The van der Waals surface area contributed by atoms with Gasteiger partial charge in [0.1, 0.15) is 0 Å². The Morgan fingerprint density at radius 3 is 2.33 bits per heavy atom. The van der Waals surface area contributed by atoms with Crippen molar-refractivity contribution >= 4 is 23.5 Å². The van der Waals surface area contributed by atoms with Gasteiger partial charge in [0.15, 0.2) is 0 Å². The van der Waals surface area contributed by atoms with Crippen LogP contribution in [0.15, 0.2) is 12.1 Å². The molecule has 0 radical (unpaired) electrons. The summed E-state index contributed by atoms with van der Waals surface area (Å²) in [5, 5.41) is 18.0. The SMILES string of the molecule is CCCCCc1ccc(C(=O)O)c(C(=O)O)c1Cl. The van der Waals surface area contributed by atoms with Crippen LogP contribution in [0.5, 0.6) is 0 Å². The van der Waals surface area contributed by atoms with Crippen molar-refractivity contribution in [3.8, 4) is 0 Å². The zero-order valence-electron chi connectivity index (χ0n) is 10.1. The molecule has 0 aliphatic heterocycles. The lowest BCUT2D eigenvalue weighted by molar-refractivity contribution is 0.0651. The van der Waals surface area contributed by atoms with Crippen molar-refractivity contribution in [2.75, 3.05) is 0 Å². The van der Waals surface area contributed by atoms with E-state index in [9.17, 15) is 9.59 Å². The largest absolute Gasteiger partial charge is 0.478 e. The van der Waals surface area contributed by atoms with E-state index in [1.165, 1.54) is 6.07 Å². The molecule has 0 spiro atoms. The Morgan fingerprint density at radius 2 is 1.83 bits per heavy atom. The molecule has 98 valence electrons. The molecule has 0 atom stereocenters. The minimum atomic E-state index is -1.31. The maximum atomic E-state index is 11.1. The van der Waals surface area contributed by atoms with Crippen LogP contribution in [0.4, 0.5) is 0 Å². The zero-order chi connectivity index (χ0) is 13.7. The van der Waals surface area contributed by atoms with Gasteiger partial charge in [0.2, 0.25) is 0 Å². The lowest BCUT2D eigenvalue weighted by Crippen LogP contribution is -2.10. The molecule has 18 heavy (non-hydrogen) atoms. The summed E-state index contributed by atoms with van der Waals surface area (Å²) in [5.74, 6) is -2.59. The Hall–Kier alpha value is -1.55. The summed E-state index contributed by atoms with van der Waals surface area (Å²) in [6, 6.07) is 2.90. The van der Waals surface area contributed by atoms with E-state index in [1.807, 2.05) is 0 Å². The van der Waals surface area contributed by atoms with Crippen LogP contribution < -0.4 is 0 Å². The number of carboxylic acid groups (broad SMARTS) is 2. The van der Waals surface area contributed by atoms with Crippen molar-refractivity contribution in [3.05, 3.63) is 33.8 Å². The summed E-state index contributed by atoms with van der Waals surface area (Å²) in [6.07, 6.45) is 3.64. The molecule has 0 saturated carbocycles. The van der Waals surface area contributed by atoms with E-state index in [0.717, 1.165) is 19.3 Å². The van der Waals surface area contributed by atoms with Crippen LogP contribution in [0.3, 0.4) is 0 Å². The minimum Gasteiger partial charge on any atom is -0.478 e.